The van der Waals surface area contributed by atoms with Crippen molar-refractivity contribution in [2.75, 3.05) is 6.54 Å². The van der Waals surface area contributed by atoms with Gasteiger partial charge in [-0.15, -0.1) is 0 Å². The summed E-state index contributed by atoms with van der Waals surface area (Å²) < 4.78 is 0. The Hall–Kier alpha value is -0.570. The second-order valence-corrected chi connectivity index (χ2v) is 4.36. The number of aliphatic hydroxyl groups excluding tert-OH is 1. The van der Waals surface area contributed by atoms with Crippen LogP contribution >= 0.6 is 0 Å². The minimum absolute atomic E-state index is 0.0139. The maximum atomic E-state index is 11.3. The van der Waals surface area contributed by atoms with Crippen molar-refractivity contribution in [2.45, 2.75) is 52.7 Å². The van der Waals surface area contributed by atoms with E-state index < -0.39 is 6.10 Å². The lowest BCUT2D eigenvalue weighted by molar-refractivity contribution is -0.135. The first kappa shape index (κ1) is 12.4. The highest BCUT2D eigenvalue weighted by Crippen LogP contribution is 2.14. The fourth-order valence-corrected chi connectivity index (χ4v) is 1.21. The molecule has 0 aromatic heterocycles. The fraction of sp³-hybridized carbons (Fsp3) is 0.900. The van der Waals surface area contributed by atoms with Crippen LogP contribution in [0.3, 0.4) is 0 Å². The van der Waals surface area contributed by atoms with Crippen LogP contribution < -0.4 is 0 Å². The molecule has 13 heavy (non-hydrogen) atoms. The van der Waals surface area contributed by atoms with Gasteiger partial charge in [-0.1, -0.05) is 6.92 Å². The van der Waals surface area contributed by atoms with Gasteiger partial charge >= 0.3 is 0 Å². The molecule has 0 fully saturated rings. The summed E-state index contributed by atoms with van der Waals surface area (Å²) in [6.07, 6.45) is 0.267. The van der Waals surface area contributed by atoms with Gasteiger partial charge in [0.2, 0.25) is 5.91 Å². The minimum Gasteiger partial charge on any atom is -0.391 e. The van der Waals surface area contributed by atoms with Crippen molar-refractivity contribution >= 4 is 5.91 Å². The van der Waals surface area contributed by atoms with Crippen molar-refractivity contribution in [3.63, 3.8) is 0 Å². The summed E-state index contributed by atoms with van der Waals surface area (Å²) in [6.45, 7) is 9.78. The highest BCUT2D eigenvalue weighted by atomic mass is 16.3. The summed E-state index contributed by atoms with van der Waals surface area (Å²) >= 11 is 0. The summed E-state index contributed by atoms with van der Waals surface area (Å²) in [4.78, 5) is 13.0. The van der Waals surface area contributed by atoms with Crippen LogP contribution in [0.5, 0.6) is 0 Å². The quantitative estimate of drug-likeness (QED) is 0.725. The molecule has 0 aromatic rings. The largest absolute Gasteiger partial charge is 0.391 e. The Morgan fingerprint density at radius 1 is 1.46 bits per heavy atom. The van der Waals surface area contributed by atoms with E-state index in [1.54, 1.807) is 4.90 Å². The van der Waals surface area contributed by atoms with Crippen LogP contribution in [-0.4, -0.2) is 34.1 Å². The van der Waals surface area contributed by atoms with Crippen molar-refractivity contribution < 1.29 is 9.90 Å². The van der Waals surface area contributed by atoms with Gasteiger partial charge in [-0.3, -0.25) is 4.79 Å². The molecule has 0 aliphatic rings. The van der Waals surface area contributed by atoms with Crippen LogP contribution in [0.2, 0.25) is 0 Å². The van der Waals surface area contributed by atoms with E-state index in [0.29, 0.717) is 13.0 Å². The first-order chi connectivity index (χ1) is 5.79. The van der Waals surface area contributed by atoms with Gasteiger partial charge in [-0.25, -0.2) is 0 Å². The summed E-state index contributed by atoms with van der Waals surface area (Å²) in [6, 6.07) is 0. The van der Waals surface area contributed by atoms with Crippen LogP contribution in [0, 0.1) is 0 Å². The number of carbonyl (C=O) groups is 1. The molecule has 0 rings (SSSR count). The number of hydrogen-bond acceptors (Lipinski definition) is 2. The number of aliphatic hydroxyl groups is 1. The Kier molecular flexibility index (Phi) is 4.40. The Morgan fingerprint density at radius 2 is 1.92 bits per heavy atom. The number of hydrogen-bond donors (Lipinski definition) is 1. The van der Waals surface area contributed by atoms with Crippen molar-refractivity contribution in [2.24, 2.45) is 0 Å². The number of β-amino-alcohol motifs (C(OH)–C–C–N with tert-alkyl or cyclic N) is 1. The van der Waals surface area contributed by atoms with E-state index in [1.165, 1.54) is 6.92 Å². The Morgan fingerprint density at radius 3 is 2.15 bits per heavy atom. The van der Waals surface area contributed by atoms with Gasteiger partial charge < -0.3 is 10.0 Å². The van der Waals surface area contributed by atoms with E-state index in [2.05, 4.69) is 0 Å². The van der Waals surface area contributed by atoms with Gasteiger partial charge in [0.25, 0.3) is 0 Å². The van der Waals surface area contributed by atoms with E-state index in [1.807, 2.05) is 27.7 Å². The van der Waals surface area contributed by atoms with E-state index >= 15 is 0 Å². The molecular formula is C10H21NO2. The highest BCUT2D eigenvalue weighted by molar-refractivity contribution is 5.74. The van der Waals surface area contributed by atoms with Gasteiger partial charge in [0.15, 0.2) is 0 Å². The van der Waals surface area contributed by atoms with Crippen LogP contribution in [0.25, 0.3) is 0 Å². The van der Waals surface area contributed by atoms with Crippen molar-refractivity contribution in [1.82, 2.24) is 4.90 Å². The second kappa shape index (κ2) is 4.61. The molecule has 0 saturated carbocycles. The van der Waals surface area contributed by atoms with Crippen LogP contribution in [-0.2, 0) is 4.79 Å². The average Bonchev–Trinajstić information content (AvgIpc) is 1.96. The molecule has 0 heterocycles. The maximum Gasteiger partial charge on any atom is 0.219 e. The zero-order chi connectivity index (χ0) is 10.6. The summed E-state index contributed by atoms with van der Waals surface area (Å²) in [5.41, 5.74) is -0.206. The number of nitrogens with zero attached hydrogens (tertiary/aromatic N) is 1. The Bertz CT molecular complexity index is 172. The van der Waals surface area contributed by atoms with E-state index in [-0.39, 0.29) is 11.4 Å². The van der Waals surface area contributed by atoms with Gasteiger partial charge in [0.05, 0.1) is 6.10 Å². The third kappa shape index (κ3) is 4.27. The average molecular weight is 187 g/mol. The Labute approximate surface area is 80.7 Å². The normalized spacial score (nSPS) is 14.0. The van der Waals surface area contributed by atoms with Gasteiger partial charge in [0, 0.05) is 19.0 Å². The second-order valence-electron chi connectivity index (χ2n) is 4.36. The molecule has 1 amide bonds. The number of carbonyl (C=O) groups excluding carboxylic acids is 1. The van der Waals surface area contributed by atoms with Crippen LogP contribution in [0.4, 0.5) is 0 Å². The molecule has 0 aliphatic carbocycles. The molecular weight excluding hydrogens is 166 g/mol. The predicted molar refractivity (Wildman–Crippen MR) is 53.4 cm³/mol. The molecule has 1 N–H and O–H groups in total. The molecule has 0 radical (unpaired) electrons. The third-order valence-corrected chi connectivity index (χ3v) is 2.05. The monoisotopic (exact) mass is 187 g/mol. The molecule has 0 aromatic carbocycles. The zero-order valence-corrected chi connectivity index (χ0v) is 9.29. The number of rotatable bonds is 3. The molecule has 0 saturated heterocycles. The smallest absolute Gasteiger partial charge is 0.219 e. The fourth-order valence-electron chi connectivity index (χ4n) is 1.21. The molecule has 0 bridgehead atoms. The van der Waals surface area contributed by atoms with E-state index in [0.717, 1.165) is 0 Å². The lowest BCUT2D eigenvalue weighted by atomic mass is 10.0. The van der Waals surface area contributed by atoms with E-state index in [4.69, 9.17) is 0 Å². The lowest BCUT2D eigenvalue weighted by Gasteiger charge is -2.36. The van der Waals surface area contributed by atoms with Crippen LogP contribution in [0.15, 0.2) is 0 Å². The lowest BCUT2D eigenvalue weighted by Crippen LogP contribution is -2.48. The molecule has 0 spiro atoms. The third-order valence-electron chi connectivity index (χ3n) is 2.05. The SMILES string of the molecule is CC[C@H](O)CN(C(C)=O)C(C)(C)C. The predicted octanol–water partition coefficient (Wildman–Crippen LogP) is 1.40. The van der Waals surface area contributed by atoms with Crippen molar-refractivity contribution in [1.29, 1.82) is 0 Å². The van der Waals surface area contributed by atoms with Gasteiger partial charge in [0.1, 0.15) is 0 Å². The van der Waals surface area contributed by atoms with Gasteiger partial charge in [-0.05, 0) is 27.2 Å². The first-order valence-corrected chi connectivity index (χ1v) is 4.75. The molecule has 78 valence electrons. The summed E-state index contributed by atoms with van der Waals surface area (Å²) in [5, 5.41) is 9.45. The van der Waals surface area contributed by atoms with E-state index in [9.17, 15) is 9.90 Å². The first-order valence-electron chi connectivity index (χ1n) is 4.75. The minimum atomic E-state index is -0.414. The van der Waals surface area contributed by atoms with Crippen molar-refractivity contribution in [3.05, 3.63) is 0 Å². The molecule has 3 nitrogen and oxygen atoms in total. The summed E-state index contributed by atoms with van der Waals surface area (Å²) in [7, 11) is 0. The molecule has 0 aliphatic heterocycles. The number of amides is 1. The van der Waals surface area contributed by atoms with Crippen molar-refractivity contribution in [3.8, 4) is 0 Å². The maximum absolute atomic E-state index is 11.3. The van der Waals surface area contributed by atoms with Gasteiger partial charge in [-0.2, -0.15) is 0 Å². The zero-order valence-electron chi connectivity index (χ0n) is 9.29. The molecule has 3 heteroatoms. The molecule has 0 unspecified atom stereocenters. The van der Waals surface area contributed by atoms with Crippen LogP contribution in [0.1, 0.15) is 41.0 Å². The standard InChI is InChI=1S/C10H21NO2/c1-6-9(13)7-11(8(2)12)10(3,4)5/h9,13H,6-7H2,1-5H3/t9-/m0/s1. The molecule has 1 atom stereocenters. The highest BCUT2D eigenvalue weighted by Gasteiger charge is 2.25. The summed E-state index contributed by atoms with van der Waals surface area (Å²) in [5.74, 6) is 0.0139. The topological polar surface area (TPSA) is 40.5 Å². The Balaban J connectivity index is 4.37.